The van der Waals surface area contributed by atoms with Crippen LogP contribution in [0, 0.1) is 46.3 Å². The molecule has 0 bridgehead atoms. The van der Waals surface area contributed by atoms with Crippen LogP contribution in [0.2, 0.25) is 0 Å². The van der Waals surface area contributed by atoms with Crippen molar-refractivity contribution >= 4 is 0 Å². The SMILES string of the molecule is CCC(CC)CC[C@@H](C)[C@H]1CC[C@H]2[C@@H]3CC=C4C[C@@H](O[C@@H]5O[C@H](CO)[C@@H](O)[C@H](O)[C@H]5O)CC[C@]4(C)[C@H]3CC[C@]12C. The minimum Gasteiger partial charge on any atom is -0.394 e. The van der Waals surface area contributed by atoms with E-state index >= 15 is 0 Å². The Balaban J connectivity index is 1.24. The van der Waals surface area contributed by atoms with Crippen LogP contribution in [0.15, 0.2) is 11.6 Å². The molecule has 1 aliphatic heterocycles. The molecular formula is C34H58O6. The zero-order valence-electron chi connectivity index (χ0n) is 25.8. The molecule has 0 unspecified atom stereocenters. The van der Waals surface area contributed by atoms with Crippen LogP contribution in [-0.2, 0) is 9.47 Å². The number of hydrogen-bond donors (Lipinski definition) is 4. The van der Waals surface area contributed by atoms with Crippen LogP contribution in [0.5, 0.6) is 0 Å². The lowest BCUT2D eigenvalue weighted by Crippen LogP contribution is -2.60. The maximum atomic E-state index is 10.5. The number of ether oxygens (including phenoxy) is 2. The van der Waals surface area contributed by atoms with Crippen LogP contribution in [0.4, 0.5) is 0 Å². The first-order valence-electron chi connectivity index (χ1n) is 16.7. The molecule has 3 saturated carbocycles. The van der Waals surface area contributed by atoms with Gasteiger partial charge in [-0.2, -0.15) is 0 Å². The molecule has 6 nitrogen and oxygen atoms in total. The van der Waals surface area contributed by atoms with Crippen molar-refractivity contribution in [3.63, 3.8) is 0 Å². The molecule has 0 spiro atoms. The Hall–Kier alpha value is -0.500. The Labute approximate surface area is 242 Å². The molecular weight excluding hydrogens is 504 g/mol. The first-order chi connectivity index (χ1) is 19.1. The molecule has 4 aliphatic carbocycles. The summed E-state index contributed by atoms with van der Waals surface area (Å²) in [5, 5.41) is 40.4. The lowest BCUT2D eigenvalue weighted by Gasteiger charge is -2.58. The maximum Gasteiger partial charge on any atom is 0.186 e. The topological polar surface area (TPSA) is 99.4 Å². The second kappa shape index (κ2) is 12.2. The Kier molecular flexibility index (Phi) is 9.47. The molecule has 13 atom stereocenters. The predicted octanol–water partition coefficient (Wildman–Crippen LogP) is 5.60. The maximum absolute atomic E-state index is 10.5. The fourth-order valence-electron chi connectivity index (χ4n) is 10.5. The molecule has 4 fully saturated rings. The van der Waals surface area contributed by atoms with Gasteiger partial charge in [0.1, 0.15) is 24.4 Å². The molecule has 0 amide bonds. The third-order valence-corrected chi connectivity index (χ3v) is 13.2. The summed E-state index contributed by atoms with van der Waals surface area (Å²) in [7, 11) is 0. The number of fused-ring (bicyclic) bond motifs is 5. The van der Waals surface area contributed by atoms with E-state index in [1.165, 1.54) is 63.4 Å². The number of aliphatic hydroxyl groups is 4. The van der Waals surface area contributed by atoms with E-state index in [9.17, 15) is 20.4 Å². The fraction of sp³-hybridized carbons (Fsp3) is 0.941. The van der Waals surface area contributed by atoms with E-state index in [1.54, 1.807) is 0 Å². The van der Waals surface area contributed by atoms with E-state index in [2.05, 4.69) is 40.7 Å². The molecule has 40 heavy (non-hydrogen) atoms. The van der Waals surface area contributed by atoms with Crippen LogP contribution in [0.1, 0.15) is 112 Å². The van der Waals surface area contributed by atoms with Crippen LogP contribution < -0.4 is 0 Å². The highest BCUT2D eigenvalue weighted by Gasteiger charge is 2.59. The molecule has 6 heteroatoms. The first-order valence-corrected chi connectivity index (χ1v) is 16.7. The minimum absolute atomic E-state index is 0.0991. The van der Waals surface area contributed by atoms with Crippen molar-refractivity contribution in [1.29, 1.82) is 0 Å². The van der Waals surface area contributed by atoms with Crippen LogP contribution in [0.25, 0.3) is 0 Å². The fourth-order valence-corrected chi connectivity index (χ4v) is 10.5. The summed E-state index contributed by atoms with van der Waals surface area (Å²) in [4.78, 5) is 0. The number of aliphatic hydroxyl groups excluding tert-OH is 4. The van der Waals surface area contributed by atoms with E-state index in [0.29, 0.717) is 5.41 Å². The van der Waals surface area contributed by atoms with Gasteiger partial charge in [-0.05, 0) is 97.7 Å². The minimum atomic E-state index is -1.39. The smallest absolute Gasteiger partial charge is 0.186 e. The molecule has 0 radical (unpaired) electrons. The average Bonchev–Trinajstić information content (AvgIpc) is 3.31. The third-order valence-electron chi connectivity index (χ3n) is 13.2. The number of rotatable bonds is 9. The predicted molar refractivity (Wildman–Crippen MR) is 156 cm³/mol. The second-order valence-corrected chi connectivity index (χ2v) is 14.9. The normalized spacial score (nSPS) is 47.8. The summed E-state index contributed by atoms with van der Waals surface area (Å²) in [6.45, 7) is 12.0. The van der Waals surface area contributed by atoms with Gasteiger partial charge in [0.15, 0.2) is 6.29 Å². The Bertz CT molecular complexity index is 886. The molecule has 4 N–H and O–H groups in total. The highest BCUT2D eigenvalue weighted by Crippen LogP contribution is 2.67. The van der Waals surface area contributed by atoms with Gasteiger partial charge in [0.2, 0.25) is 0 Å². The van der Waals surface area contributed by atoms with Crippen molar-refractivity contribution in [1.82, 2.24) is 0 Å². The van der Waals surface area contributed by atoms with E-state index < -0.39 is 37.3 Å². The van der Waals surface area contributed by atoms with Crippen molar-refractivity contribution < 1.29 is 29.9 Å². The van der Waals surface area contributed by atoms with Crippen LogP contribution in [-0.4, -0.2) is 63.8 Å². The van der Waals surface area contributed by atoms with Gasteiger partial charge in [0.05, 0.1) is 12.7 Å². The van der Waals surface area contributed by atoms with E-state index in [1.807, 2.05) is 0 Å². The van der Waals surface area contributed by atoms with Gasteiger partial charge in [-0.15, -0.1) is 0 Å². The molecule has 5 rings (SSSR count). The van der Waals surface area contributed by atoms with Gasteiger partial charge >= 0.3 is 0 Å². The lowest BCUT2D eigenvalue weighted by molar-refractivity contribution is -0.313. The average molecular weight is 563 g/mol. The number of hydrogen-bond acceptors (Lipinski definition) is 6. The van der Waals surface area contributed by atoms with Gasteiger partial charge in [-0.3, -0.25) is 0 Å². The molecule has 0 aromatic rings. The van der Waals surface area contributed by atoms with E-state index in [4.69, 9.17) is 9.47 Å². The van der Waals surface area contributed by atoms with Crippen molar-refractivity contribution in [2.45, 2.75) is 148 Å². The zero-order chi connectivity index (χ0) is 28.8. The summed E-state index contributed by atoms with van der Waals surface area (Å²) in [6.07, 6.45) is 11.3. The molecule has 1 heterocycles. The largest absolute Gasteiger partial charge is 0.394 e. The standard InChI is InChI=1S/C34H58O6/c1-6-21(7-2)9-8-20(3)25-12-13-26-24-11-10-22-18-23(14-16-33(22,4)27(24)15-17-34(25,26)5)39-32-31(38)30(37)29(36)28(19-35)40-32/h10,20-21,23-32,35-38H,6-9,11-19H2,1-5H3/t20-,23+,24+,25-,26+,27+,28-,29-,30+,31-,32-,33+,34-/m1/s1. The molecule has 0 aromatic carbocycles. The van der Waals surface area contributed by atoms with E-state index in [-0.39, 0.29) is 11.5 Å². The molecule has 230 valence electrons. The lowest BCUT2D eigenvalue weighted by atomic mass is 9.47. The first kappa shape index (κ1) is 30.9. The summed E-state index contributed by atoms with van der Waals surface area (Å²) in [6, 6.07) is 0. The second-order valence-electron chi connectivity index (χ2n) is 14.9. The van der Waals surface area contributed by atoms with Gasteiger partial charge in [0.25, 0.3) is 0 Å². The van der Waals surface area contributed by atoms with Gasteiger partial charge in [-0.25, -0.2) is 0 Å². The summed E-state index contributed by atoms with van der Waals surface area (Å²) in [5.74, 6) is 4.94. The quantitative estimate of drug-likeness (QED) is 0.273. The Morgan fingerprint density at radius 3 is 2.40 bits per heavy atom. The Morgan fingerprint density at radius 2 is 1.70 bits per heavy atom. The van der Waals surface area contributed by atoms with Crippen molar-refractivity contribution in [2.75, 3.05) is 6.61 Å². The number of allylic oxidation sites excluding steroid dienone is 1. The third kappa shape index (κ3) is 5.36. The van der Waals surface area contributed by atoms with Crippen LogP contribution >= 0.6 is 0 Å². The molecule has 5 aliphatic rings. The van der Waals surface area contributed by atoms with Gasteiger partial charge in [0, 0.05) is 0 Å². The van der Waals surface area contributed by atoms with Crippen molar-refractivity contribution in [3.05, 3.63) is 11.6 Å². The van der Waals surface area contributed by atoms with Crippen molar-refractivity contribution in [3.8, 4) is 0 Å². The van der Waals surface area contributed by atoms with Gasteiger partial charge < -0.3 is 29.9 Å². The molecule has 1 saturated heterocycles. The van der Waals surface area contributed by atoms with Gasteiger partial charge in [-0.1, -0.05) is 72.0 Å². The van der Waals surface area contributed by atoms with Crippen molar-refractivity contribution in [2.24, 2.45) is 46.3 Å². The Morgan fingerprint density at radius 1 is 0.950 bits per heavy atom. The summed E-state index contributed by atoms with van der Waals surface area (Å²) >= 11 is 0. The summed E-state index contributed by atoms with van der Waals surface area (Å²) in [5.41, 5.74) is 2.20. The monoisotopic (exact) mass is 562 g/mol. The molecule has 0 aromatic heterocycles. The highest BCUT2D eigenvalue weighted by molar-refractivity contribution is 5.25. The van der Waals surface area contributed by atoms with Crippen LogP contribution in [0.3, 0.4) is 0 Å². The highest BCUT2D eigenvalue weighted by atomic mass is 16.7. The summed E-state index contributed by atoms with van der Waals surface area (Å²) < 4.78 is 11.9. The van der Waals surface area contributed by atoms with E-state index in [0.717, 1.165) is 54.8 Å². The zero-order valence-corrected chi connectivity index (χ0v) is 25.8.